The quantitative estimate of drug-likeness (QED) is 0.276. The molecule has 0 aliphatic heterocycles. The van der Waals surface area contributed by atoms with E-state index in [0.717, 1.165) is 18.3 Å². The van der Waals surface area contributed by atoms with Crippen molar-refractivity contribution in [3.05, 3.63) is 75.1 Å². The molecule has 3 heteroatoms. The molecule has 0 saturated heterocycles. The van der Waals surface area contributed by atoms with Crippen LogP contribution in [0.15, 0.2) is 64.0 Å². The Morgan fingerprint density at radius 2 is 1.38 bits per heavy atom. The Balaban J connectivity index is 0.00000137. The Bertz CT molecular complexity index is 1140. The fourth-order valence-corrected chi connectivity index (χ4v) is 27.5. The Morgan fingerprint density at radius 1 is 0.765 bits per heavy atom. The van der Waals surface area contributed by atoms with E-state index in [4.69, 9.17) is 4.21 Å². The van der Waals surface area contributed by atoms with E-state index in [2.05, 4.69) is 60.7 Å². The molecule has 6 rings (SSSR count). The van der Waals surface area contributed by atoms with E-state index < -0.39 is 18.3 Å². The number of hydrogen-bond donors (Lipinski definition) is 0. The summed E-state index contributed by atoms with van der Waals surface area (Å²) in [5, 5.41) is 0. The summed E-state index contributed by atoms with van der Waals surface area (Å²) in [7, 11) is 0. The Labute approximate surface area is 219 Å². The molecule has 2 saturated carbocycles. The third kappa shape index (κ3) is 4.33. The summed E-state index contributed by atoms with van der Waals surface area (Å²) < 4.78 is 12.1. The molecule has 0 unspecified atom stereocenters. The monoisotopic (exact) mass is 572 g/mol. The van der Waals surface area contributed by atoms with Crippen LogP contribution in [0.25, 0.3) is 11.1 Å². The zero-order chi connectivity index (χ0) is 21.6. The fourth-order valence-electron chi connectivity index (χ4n) is 8.27. The van der Waals surface area contributed by atoms with Gasteiger partial charge in [-0.2, -0.15) is 0 Å². The first-order chi connectivity index (χ1) is 15.6. The van der Waals surface area contributed by atoms with Gasteiger partial charge in [-0.1, -0.05) is 0 Å². The first-order valence-corrected chi connectivity index (χ1v) is 20.9. The predicted octanol–water partition coefficient (Wildman–Crippen LogP) is 8.91. The van der Waals surface area contributed by atoms with E-state index in [1.165, 1.54) is 82.7 Å². The minimum atomic E-state index is -3.76. The number of benzene rings is 2. The molecule has 0 nitrogen and oxygen atoms in total. The van der Waals surface area contributed by atoms with Crippen LogP contribution in [0.2, 0.25) is 8.26 Å². The average Bonchev–Trinajstić information content (AvgIpc) is 3.61. The summed E-state index contributed by atoms with van der Waals surface area (Å²) in [6, 6.07) is 16.5. The number of hydrogen-bond acceptors (Lipinski definition) is 0. The van der Waals surface area contributed by atoms with Gasteiger partial charge in [-0.15, -0.1) is 24.8 Å². The van der Waals surface area contributed by atoms with Crippen molar-refractivity contribution in [3.8, 4) is 11.1 Å². The maximum atomic E-state index is 5.62. The summed E-state index contributed by atoms with van der Waals surface area (Å²) in [6.45, 7) is 0. The van der Waals surface area contributed by atoms with Crippen LogP contribution in [-0.4, -0.2) is 4.21 Å². The molecule has 2 aromatic rings. The first kappa shape index (κ1) is 26.3. The molecule has 0 aromatic heterocycles. The number of allylic oxidation sites excluding steroid dienone is 4. The molecule has 4 aliphatic carbocycles. The van der Waals surface area contributed by atoms with Crippen LogP contribution in [0.4, 0.5) is 0 Å². The molecule has 2 aromatic carbocycles. The molecule has 4 aliphatic rings. The molecule has 182 valence electrons. The molecule has 0 atom stereocenters. The Morgan fingerprint density at radius 3 is 2.00 bits per heavy atom. The molecular formula is C31H40Cl2Zr. The van der Waals surface area contributed by atoms with Crippen molar-refractivity contribution in [1.82, 2.24) is 0 Å². The van der Waals surface area contributed by atoms with Crippen molar-refractivity contribution in [2.45, 2.75) is 72.5 Å². The van der Waals surface area contributed by atoms with E-state index in [0.29, 0.717) is 0 Å². The van der Waals surface area contributed by atoms with Crippen LogP contribution in [-0.2, 0) is 24.7 Å². The van der Waals surface area contributed by atoms with Gasteiger partial charge in [0.2, 0.25) is 0 Å². The SMILES string of the molecule is Cl.Cl.[CH2]=[Zr]([CH2]C1CCCC1)([CH2]C1CCCC1)([C]1=CC=CC1)[c]1cccc2c1Cc1ccccc1-2. The topological polar surface area (TPSA) is 0 Å². The first-order valence-electron chi connectivity index (χ1n) is 13.3. The van der Waals surface area contributed by atoms with Crippen LogP contribution in [0.5, 0.6) is 0 Å². The molecule has 0 amide bonds. The summed E-state index contributed by atoms with van der Waals surface area (Å²) in [4.78, 5) is 0. The third-order valence-electron chi connectivity index (χ3n) is 9.68. The average molecular weight is 575 g/mol. The van der Waals surface area contributed by atoms with Crippen LogP contribution in [0.3, 0.4) is 0 Å². The van der Waals surface area contributed by atoms with Crippen molar-refractivity contribution in [3.63, 3.8) is 0 Å². The van der Waals surface area contributed by atoms with Crippen molar-refractivity contribution in [2.24, 2.45) is 11.8 Å². The van der Waals surface area contributed by atoms with Crippen molar-refractivity contribution < 1.29 is 18.3 Å². The summed E-state index contributed by atoms with van der Waals surface area (Å²) in [5.74, 6) is 1.81. The van der Waals surface area contributed by atoms with Crippen molar-refractivity contribution in [1.29, 1.82) is 0 Å². The molecule has 0 radical (unpaired) electrons. The molecule has 0 heterocycles. The van der Waals surface area contributed by atoms with Gasteiger partial charge in [-0.05, 0) is 0 Å². The number of halogens is 2. The normalized spacial score (nSPS) is 20.0. The molecule has 2 fully saturated rings. The van der Waals surface area contributed by atoms with Crippen LogP contribution >= 0.6 is 24.8 Å². The van der Waals surface area contributed by atoms with Crippen LogP contribution in [0.1, 0.15) is 68.9 Å². The van der Waals surface area contributed by atoms with Gasteiger partial charge in [0.05, 0.1) is 0 Å². The van der Waals surface area contributed by atoms with Crippen LogP contribution in [0, 0.1) is 11.8 Å². The summed E-state index contributed by atoms with van der Waals surface area (Å²) >= 11 is -3.76. The van der Waals surface area contributed by atoms with E-state index in [1.807, 2.05) is 0 Å². The van der Waals surface area contributed by atoms with Gasteiger partial charge in [-0.3, -0.25) is 0 Å². The zero-order valence-corrected chi connectivity index (χ0v) is 24.5. The zero-order valence-electron chi connectivity index (χ0n) is 20.4. The second-order valence-corrected chi connectivity index (χ2v) is 26.1. The van der Waals surface area contributed by atoms with Gasteiger partial charge in [-0.25, -0.2) is 0 Å². The van der Waals surface area contributed by atoms with Gasteiger partial charge in [0.15, 0.2) is 0 Å². The van der Waals surface area contributed by atoms with E-state index in [-0.39, 0.29) is 24.8 Å². The molecule has 0 bridgehead atoms. The van der Waals surface area contributed by atoms with Crippen LogP contribution < -0.4 is 3.27 Å². The molecular weight excluding hydrogens is 534 g/mol. The van der Waals surface area contributed by atoms with E-state index in [1.54, 1.807) is 12.1 Å². The number of rotatable bonds is 6. The van der Waals surface area contributed by atoms with Crippen molar-refractivity contribution in [2.75, 3.05) is 0 Å². The third-order valence-corrected chi connectivity index (χ3v) is 27.0. The molecule has 0 N–H and O–H groups in total. The second kappa shape index (κ2) is 10.3. The summed E-state index contributed by atoms with van der Waals surface area (Å²) in [5.41, 5.74) is 6.19. The van der Waals surface area contributed by atoms with Gasteiger partial charge < -0.3 is 0 Å². The van der Waals surface area contributed by atoms with E-state index in [9.17, 15) is 0 Å². The van der Waals surface area contributed by atoms with Gasteiger partial charge in [0.1, 0.15) is 0 Å². The van der Waals surface area contributed by atoms with Gasteiger partial charge in [0, 0.05) is 0 Å². The number of fused-ring (bicyclic) bond motifs is 3. The minimum absolute atomic E-state index is 0. The summed E-state index contributed by atoms with van der Waals surface area (Å²) in [6.07, 6.45) is 21.2. The predicted molar refractivity (Wildman–Crippen MR) is 151 cm³/mol. The fraction of sp³-hybridized carbons (Fsp3) is 0.452. The Kier molecular flexibility index (Phi) is 7.99. The van der Waals surface area contributed by atoms with Gasteiger partial charge in [0.25, 0.3) is 0 Å². The van der Waals surface area contributed by atoms with Gasteiger partial charge >= 0.3 is 196 Å². The second-order valence-electron chi connectivity index (χ2n) is 11.6. The maximum absolute atomic E-state index is 5.62. The van der Waals surface area contributed by atoms with Crippen molar-refractivity contribution >= 4 is 32.3 Å². The van der Waals surface area contributed by atoms with E-state index >= 15 is 0 Å². The molecule has 34 heavy (non-hydrogen) atoms. The Hall–Kier alpha value is -0.747. The standard InChI is InChI=1S/C13H9.2C6H11.C5H5.CH2.2ClH.Zr/c1-3-7-12-10(5-1)9-11-6-2-4-8-13(11)12;2*1-6-4-2-3-5-6;1-2-4-5-3-1;;;;/h1-5,7-8H,9H2;2*6H,1-5H2;1-3H,4H2;1H2;2*1H;. The molecule has 0 spiro atoms.